The van der Waals surface area contributed by atoms with Crippen LogP contribution in [-0.4, -0.2) is 23.7 Å². The van der Waals surface area contributed by atoms with Crippen molar-refractivity contribution < 1.29 is 9.90 Å². The Bertz CT molecular complexity index is 238. The van der Waals surface area contributed by atoms with Crippen molar-refractivity contribution in [1.29, 1.82) is 0 Å². The Morgan fingerprint density at radius 1 is 1.69 bits per heavy atom. The number of allylic oxidation sites excluding steroid dienone is 1. The summed E-state index contributed by atoms with van der Waals surface area (Å²) in [7, 11) is 1.61. The fourth-order valence-corrected chi connectivity index (χ4v) is 1.83. The minimum atomic E-state index is -0.797. The van der Waals surface area contributed by atoms with Crippen LogP contribution in [0.4, 0.5) is 0 Å². The third-order valence-electron chi connectivity index (χ3n) is 2.54. The maximum Gasteiger partial charge on any atom is 0.247 e. The molecule has 0 radical (unpaired) electrons. The van der Waals surface area contributed by atoms with E-state index < -0.39 is 5.60 Å². The lowest BCUT2D eigenvalue weighted by Gasteiger charge is -2.27. The molecule has 0 aromatic heterocycles. The van der Waals surface area contributed by atoms with Crippen LogP contribution >= 0.6 is 0 Å². The van der Waals surface area contributed by atoms with E-state index in [1.54, 1.807) is 20.9 Å². The zero-order valence-electron chi connectivity index (χ0n) is 8.42. The molecule has 3 heteroatoms. The molecule has 0 heterocycles. The summed E-state index contributed by atoms with van der Waals surface area (Å²) >= 11 is 0. The normalized spacial score (nSPS) is 22.8. The zero-order valence-corrected chi connectivity index (χ0v) is 8.42. The summed E-state index contributed by atoms with van der Waals surface area (Å²) in [6, 6.07) is 0. The van der Waals surface area contributed by atoms with Crippen LogP contribution in [-0.2, 0) is 4.79 Å². The Labute approximate surface area is 78.8 Å². The second-order valence-corrected chi connectivity index (χ2v) is 4.02. The van der Waals surface area contributed by atoms with Gasteiger partial charge >= 0.3 is 0 Å². The van der Waals surface area contributed by atoms with E-state index in [2.05, 4.69) is 5.32 Å². The lowest BCUT2D eigenvalue weighted by Crippen LogP contribution is -2.35. The molecule has 1 rings (SSSR count). The first-order chi connectivity index (χ1) is 5.96. The summed E-state index contributed by atoms with van der Waals surface area (Å²) in [5, 5.41) is 12.4. The van der Waals surface area contributed by atoms with Gasteiger partial charge in [0.05, 0.1) is 5.60 Å². The van der Waals surface area contributed by atoms with Crippen molar-refractivity contribution in [1.82, 2.24) is 5.32 Å². The Morgan fingerprint density at radius 3 is 2.77 bits per heavy atom. The smallest absolute Gasteiger partial charge is 0.247 e. The first-order valence-corrected chi connectivity index (χ1v) is 4.61. The van der Waals surface area contributed by atoms with Gasteiger partial charge in [0, 0.05) is 18.5 Å². The lowest BCUT2D eigenvalue weighted by atomic mass is 9.85. The van der Waals surface area contributed by atoms with Gasteiger partial charge in [-0.1, -0.05) is 6.08 Å². The molecule has 1 aliphatic rings. The van der Waals surface area contributed by atoms with Gasteiger partial charge in [0.1, 0.15) is 0 Å². The van der Waals surface area contributed by atoms with Crippen molar-refractivity contribution in [2.75, 3.05) is 7.05 Å². The molecule has 3 nitrogen and oxygen atoms in total. The van der Waals surface area contributed by atoms with E-state index in [-0.39, 0.29) is 11.8 Å². The molecule has 0 saturated heterocycles. The highest BCUT2D eigenvalue weighted by Gasteiger charge is 2.35. The molecule has 1 amide bonds. The number of aliphatic hydroxyl groups is 1. The Kier molecular flexibility index (Phi) is 2.76. The van der Waals surface area contributed by atoms with Crippen molar-refractivity contribution in [2.24, 2.45) is 5.92 Å². The van der Waals surface area contributed by atoms with Gasteiger partial charge in [-0.25, -0.2) is 0 Å². The predicted molar refractivity (Wildman–Crippen MR) is 51.2 cm³/mol. The van der Waals surface area contributed by atoms with E-state index >= 15 is 0 Å². The van der Waals surface area contributed by atoms with Gasteiger partial charge in [-0.15, -0.1) is 0 Å². The number of likely N-dealkylation sites (N-methyl/N-ethyl adjacent to an activating group) is 1. The number of carbonyl (C=O) groups is 1. The fraction of sp³-hybridized carbons (Fsp3) is 0.700. The van der Waals surface area contributed by atoms with Crippen LogP contribution in [0.2, 0.25) is 0 Å². The third kappa shape index (κ3) is 2.10. The SMILES string of the molecule is CNC(=O)C1=CCCC1C(C)(C)O. The molecule has 1 unspecified atom stereocenters. The quantitative estimate of drug-likeness (QED) is 0.666. The van der Waals surface area contributed by atoms with Crippen molar-refractivity contribution in [2.45, 2.75) is 32.3 Å². The van der Waals surface area contributed by atoms with Crippen LogP contribution in [0.25, 0.3) is 0 Å². The summed E-state index contributed by atoms with van der Waals surface area (Å²) in [6.07, 6.45) is 3.67. The molecule has 0 aromatic rings. The fourth-order valence-electron chi connectivity index (χ4n) is 1.83. The molecule has 0 spiro atoms. The largest absolute Gasteiger partial charge is 0.390 e. The van der Waals surface area contributed by atoms with Gasteiger partial charge in [0.25, 0.3) is 0 Å². The monoisotopic (exact) mass is 183 g/mol. The molecule has 1 aliphatic carbocycles. The van der Waals surface area contributed by atoms with Crippen molar-refractivity contribution in [3.63, 3.8) is 0 Å². The van der Waals surface area contributed by atoms with E-state index in [0.717, 1.165) is 18.4 Å². The van der Waals surface area contributed by atoms with E-state index in [4.69, 9.17) is 0 Å². The minimum absolute atomic E-state index is 0.0209. The van der Waals surface area contributed by atoms with Crippen LogP contribution in [0, 0.1) is 5.92 Å². The Hall–Kier alpha value is -0.830. The van der Waals surface area contributed by atoms with Gasteiger partial charge in [-0.3, -0.25) is 4.79 Å². The molecule has 0 fully saturated rings. The van der Waals surface area contributed by atoms with Crippen LogP contribution in [0.3, 0.4) is 0 Å². The molecule has 2 N–H and O–H groups in total. The second kappa shape index (κ2) is 3.50. The van der Waals surface area contributed by atoms with Crippen LogP contribution in [0.5, 0.6) is 0 Å². The molecule has 0 aliphatic heterocycles. The average Bonchev–Trinajstić information content (AvgIpc) is 2.49. The van der Waals surface area contributed by atoms with E-state index in [1.165, 1.54) is 0 Å². The highest BCUT2D eigenvalue weighted by Crippen LogP contribution is 2.34. The summed E-state index contributed by atoms with van der Waals surface area (Å²) < 4.78 is 0. The number of hydrogen-bond acceptors (Lipinski definition) is 2. The number of nitrogens with one attached hydrogen (secondary N) is 1. The minimum Gasteiger partial charge on any atom is -0.390 e. The number of hydrogen-bond donors (Lipinski definition) is 2. The van der Waals surface area contributed by atoms with Crippen molar-refractivity contribution >= 4 is 5.91 Å². The van der Waals surface area contributed by atoms with Crippen molar-refractivity contribution in [3.05, 3.63) is 11.6 Å². The lowest BCUT2D eigenvalue weighted by molar-refractivity contribution is -0.118. The summed E-state index contributed by atoms with van der Waals surface area (Å²) in [6.45, 7) is 3.50. The van der Waals surface area contributed by atoms with Gasteiger partial charge in [0.15, 0.2) is 0 Å². The Balaban J connectivity index is 2.80. The van der Waals surface area contributed by atoms with E-state index in [0.29, 0.717) is 0 Å². The first kappa shape index (κ1) is 10.3. The molecule has 0 bridgehead atoms. The number of amides is 1. The van der Waals surface area contributed by atoms with Gasteiger partial charge in [0.2, 0.25) is 5.91 Å². The molecule has 0 aromatic carbocycles. The topological polar surface area (TPSA) is 49.3 Å². The molecule has 0 saturated carbocycles. The summed E-state index contributed by atoms with van der Waals surface area (Å²) in [4.78, 5) is 11.4. The standard InChI is InChI=1S/C10H17NO2/c1-10(2,13)8-6-4-5-7(8)9(12)11-3/h5,8,13H,4,6H2,1-3H3,(H,11,12). The number of rotatable bonds is 2. The van der Waals surface area contributed by atoms with Crippen LogP contribution in [0.1, 0.15) is 26.7 Å². The van der Waals surface area contributed by atoms with Gasteiger partial charge in [-0.05, 0) is 26.7 Å². The first-order valence-electron chi connectivity index (χ1n) is 4.61. The predicted octanol–water partition coefficient (Wildman–Crippen LogP) is 0.840. The maximum atomic E-state index is 11.4. The Morgan fingerprint density at radius 2 is 2.31 bits per heavy atom. The number of carbonyl (C=O) groups excluding carboxylic acids is 1. The summed E-state index contributed by atoms with van der Waals surface area (Å²) in [5.74, 6) is -0.0860. The molecule has 1 atom stereocenters. The molecule has 74 valence electrons. The molecular formula is C10H17NO2. The summed E-state index contributed by atoms with van der Waals surface area (Å²) in [5.41, 5.74) is -0.0653. The van der Waals surface area contributed by atoms with Crippen LogP contribution < -0.4 is 5.32 Å². The van der Waals surface area contributed by atoms with Gasteiger partial charge < -0.3 is 10.4 Å². The van der Waals surface area contributed by atoms with Crippen LogP contribution in [0.15, 0.2) is 11.6 Å². The van der Waals surface area contributed by atoms with E-state index in [1.807, 2.05) is 6.08 Å². The maximum absolute atomic E-state index is 11.4. The average molecular weight is 183 g/mol. The second-order valence-electron chi connectivity index (χ2n) is 4.02. The molecular weight excluding hydrogens is 166 g/mol. The van der Waals surface area contributed by atoms with Gasteiger partial charge in [-0.2, -0.15) is 0 Å². The third-order valence-corrected chi connectivity index (χ3v) is 2.54. The van der Waals surface area contributed by atoms with Crippen molar-refractivity contribution in [3.8, 4) is 0 Å². The zero-order chi connectivity index (χ0) is 10.1. The highest BCUT2D eigenvalue weighted by molar-refractivity contribution is 5.94. The molecule has 13 heavy (non-hydrogen) atoms. The van der Waals surface area contributed by atoms with E-state index in [9.17, 15) is 9.90 Å². The highest BCUT2D eigenvalue weighted by atomic mass is 16.3.